The summed E-state index contributed by atoms with van der Waals surface area (Å²) in [5.74, 6) is -1.64. The van der Waals surface area contributed by atoms with Crippen LogP contribution in [-0.4, -0.2) is 22.2 Å². The van der Waals surface area contributed by atoms with Gasteiger partial charge in [0, 0.05) is 0 Å². The standard InChI is InChI=1S/C17H28O4/c1-3-4-6-11-7-5-8-12-14(17(20)21)10(2)9-13(15(11)12)16(18)19/h10-15H,3-9H2,1-2H3,(H,18,19)(H,20,21). The molecule has 0 amide bonds. The van der Waals surface area contributed by atoms with Crippen LogP contribution in [-0.2, 0) is 9.59 Å². The fourth-order valence-electron chi connectivity index (χ4n) is 5.02. The van der Waals surface area contributed by atoms with Gasteiger partial charge in [0.1, 0.15) is 0 Å². The van der Waals surface area contributed by atoms with Crippen molar-refractivity contribution in [3.05, 3.63) is 0 Å². The molecule has 0 aliphatic heterocycles. The maximum absolute atomic E-state index is 11.7. The Balaban J connectivity index is 2.27. The van der Waals surface area contributed by atoms with Crippen molar-refractivity contribution in [2.75, 3.05) is 0 Å². The van der Waals surface area contributed by atoms with Gasteiger partial charge in [-0.3, -0.25) is 9.59 Å². The number of rotatable bonds is 5. The van der Waals surface area contributed by atoms with E-state index < -0.39 is 11.9 Å². The van der Waals surface area contributed by atoms with E-state index in [4.69, 9.17) is 0 Å². The van der Waals surface area contributed by atoms with E-state index in [9.17, 15) is 19.8 Å². The monoisotopic (exact) mass is 296 g/mol. The Bertz CT molecular complexity index is 392. The number of hydrogen-bond donors (Lipinski definition) is 2. The summed E-state index contributed by atoms with van der Waals surface area (Å²) in [5.41, 5.74) is 0. The Kier molecular flexibility index (Phi) is 5.28. The molecule has 2 rings (SSSR count). The van der Waals surface area contributed by atoms with E-state index in [0.717, 1.165) is 38.5 Å². The molecule has 0 spiro atoms. The summed E-state index contributed by atoms with van der Waals surface area (Å²) in [7, 11) is 0. The average Bonchev–Trinajstić information content (AvgIpc) is 2.43. The lowest BCUT2D eigenvalue weighted by Crippen LogP contribution is -2.49. The number of aliphatic carboxylic acids is 2. The zero-order valence-corrected chi connectivity index (χ0v) is 13.1. The smallest absolute Gasteiger partial charge is 0.307 e. The highest BCUT2D eigenvalue weighted by atomic mass is 16.4. The number of unbranched alkanes of at least 4 members (excludes halogenated alkanes) is 1. The molecule has 2 fully saturated rings. The maximum atomic E-state index is 11.7. The third-order valence-corrected chi connectivity index (χ3v) is 5.85. The fraction of sp³-hybridized carbons (Fsp3) is 0.882. The minimum atomic E-state index is -0.725. The van der Waals surface area contributed by atoms with Crippen molar-refractivity contribution in [1.82, 2.24) is 0 Å². The Morgan fingerprint density at radius 2 is 1.86 bits per heavy atom. The summed E-state index contributed by atoms with van der Waals surface area (Å²) in [6, 6.07) is 0. The molecule has 120 valence electrons. The largest absolute Gasteiger partial charge is 0.481 e. The predicted molar refractivity (Wildman–Crippen MR) is 79.9 cm³/mol. The van der Waals surface area contributed by atoms with Crippen LogP contribution in [0.2, 0.25) is 0 Å². The molecular formula is C17H28O4. The molecule has 21 heavy (non-hydrogen) atoms. The van der Waals surface area contributed by atoms with Gasteiger partial charge in [0.25, 0.3) is 0 Å². The minimum absolute atomic E-state index is 0.0326. The fourth-order valence-corrected chi connectivity index (χ4v) is 5.02. The van der Waals surface area contributed by atoms with Gasteiger partial charge in [-0.1, -0.05) is 46.0 Å². The third kappa shape index (κ3) is 3.24. The number of fused-ring (bicyclic) bond motifs is 1. The zero-order chi connectivity index (χ0) is 15.6. The lowest BCUT2D eigenvalue weighted by molar-refractivity contribution is -0.163. The minimum Gasteiger partial charge on any atom is -0.481 e. The van der Waals surface area contributed by atoms with Crippen molar-refractivity contribution in [3.63, 3.8) is 0 Å². The molecule has 0 aromatic carbocycles. The van der Waals surface area contributed by atoms with Crippen LogP contribution < -0.4 is 0 Å². The van der Waals surface area contributed by atoms with E-state index in [1.165, 1.54) is 0 Å². The van der Waals surface area contributed by atoms with Gasteiger partial charge in [0.05, 0.1) is 11.8 Å². The van der Waals surface area contributed by atoms with Crippen molar-refractivity contribution in [2.45, 2.75) is 58.8 Å². The predicted octanol–water partition coefficient (Wildman–Crippen LogP) is 3.65. The first-order valence-electron chi connectivity index (χ1n) is 8.43. The summed E-state index contributed by atoms with van der Waals surface area (Å²) in [5, 5.41) is 19.2. The van der Waals surface area contributed by atoms with Crippen LogP contribution in [0, 0.1) is 35.5 Å². The first-order chi connectivity index (χ1) is 9.97. The SMILES string of the molecule is CCCCC1CCCC2C(C(=O)O)C(C)CC(C(=O)O)C12. The number of carboxylic acids is 2. The molecular weight excluding hydrogens is 268 g/mol. The van der Waals surface area contributed by atoms with Gasteiger partial charge in [-0.05, 0) is 36.5 Å². The number of carbonyl (C=O) groups is 2. The van der Waals surface area contributed by atoms with Crippen LogP contribution in [0.4, 0.5) is 0 Å². The highest BCUT2D eigenvalue weighted by Gasteiger charge is 2.52. The van der Waals surface area contributed by atoms with Gasteiger partial charge >= 0.3 is 11.9 Å². The summed E-state index contributed by atoms with van der Waals surface area (Å²) < 4.78 is 0. The second-order valence-electron chi connectivity index (χ2n) is 7.10. The summed E-state index contributed by atoms with van der Waals surface area (Å²) in [6.07, 6.45) is 6.83. The Hall–Kier alpha value is -1.06. The van der Waals surface area contributed by atoms with Gasteiger partial charge in [-0.15, -0.1) is 0 Å². The summed E-state index contributed by atoms with van der Waals surface area (Å²) in [6.45, 7) is 4.07. The second kappa shape index (κ2) is 6.80. The molecule has 6 atom stereocenters. The van der Waals surface area contributed by atoms with Crippen LogP contribution in [0.15, 0.2) is 0 Å². The van der Waals surface area contributed by atoms with Gasteiger partial charge in [0.15, 0.2) is 0 Å². The van der Waals surface area contributed by atoms with E-state index >= 15 is 0 Å². The van der Waals surface area contributed by atoms with Gasteiger partial charge < -0.3 is 10.2 Å². The molecule has 0 saturated heterocycles. The van der Waals surface area contributed by atoms with Gasteiger partial charge in [-0.2, -0.15) is 0 Å². The van der Waals surface area contributed by atoms with E-state index in [-0.39, 0.29) is 29.6 Å². The van der Waals surface area contributed by atoms with Crippen LogP contribution in [0.5, 0.6) is 0 Å². The lowest BCUT2D eigenvalue weighted by atomic mass is 9.54. The van der Waals surface area contributed by atoms with Crippen molar-refractivity contribution < 1.29 is 19.8 Å². The normalized spacial score (nSPS) is 39.5. The second-order valence-corrected chi connectivity index (χ2v) is 7.10. The molecule has 2 N–H and O–H groups in total. The zero-order valence-electron chi connectivity index (χ0n) is 13.1. The topological polar surface area (TPSA) is 74.6 Å². The molecule has 6 unspecified atom stereocenters. The first kappa shape index (κ1) is 16.3. The Labute approximate surface area is 126 Å². The van der Waals surface area contributed by atoms with Crippen molar-refractivity contribution >= 4 is 11.9 Å². The van der Waals surface area contributed by atoms with Crippen molar-refractivity contribution in [2.24, 2.45) is 35.5 Å². The van der Waals surface area contributed by atoms with Crippen LogP contribution in [0.25, 0.3) is 0 Å². The van der Waals surface area contributed by atoms with Gasteiger partial charge in [-0.25, -0.2) is 0 Å². The third-order valence-electron chi connectivity index (χ3n) is 5.85. The molecule has 0 heterocycles. The van der Waals surface area contributed by atoms with Gasteiger partial charge in [0.2, 0.25) is 0 Å². The maximum Gasteiger partial charge on any atom is 0.307 e. The summed E-state index contributed by atoms with van der Waals surface area (Å²) in [4.78, 5) is 23.4. The summed E-state index contributed by atoms with van der Waals surface area (Å²) >= 11 is 0. The van der Waals surface area contributed by atoms with Crippen LogP contribution >= 0.6 is 0 Å². The van der Waals surface area contributed by atoms with E-state index in [1.807, 2.05) is 6.92 Å². The van der Waals surface area contributed by atoms with E-state index in [1.54, 1.807) is 0 Å². The molecule has 2 aliphatic rings. The molecule has 2 saturated carbocycles. The average molecular weight is 296 g/mol. The molecule has 0 aromatic rings. The first-order valence-corrected chi connectivity index (χ1v) is 8.43. The molecule has 0 radical (unpaired) electrons. The number of hydrogen-bond acceptors (Lipinski definition) is 2. The van der Waals surface area contributed by atoms with E-state index in [2.05, 4.69) is 6.92 Å². The molecule has 2 aliphatic carbocycles. The van der Waals surface area contributed by atoms with Crippen LogP contribution in [0.1, 0.15) is 58.8 Å². The molecule has 4 heteroatoms. The Morgan fingerprint density at radius 1 is 1.14 bits per heavy atom. The lowest BCUT2D eigenvalue weighted by Gasteiger charge is -2.49. The molecule has 4 nitrogen and oxygen atoms in total. The van der Waals surface area contributed by atoms with E-state index in [0.29, 0.717) is 12.3 Å². The highest BCUT2D eigenvalue weighted by Crippen LogP contribution is 2.52. The molecule has 0 bridgehead atoms. The highest BCUT2D eigenvalue weighted by molar-refractivity contribution is 5.74. The Morgan fingerprint density at radius 3 is 2.43 bits per heavy atom. The van der Waals surface area contributed by atoms with Crippen LogP contribution in [0.3, 0.4) is 0 Å². The number of carboxylic acid groups (broad SMARTS) is 2. The molecule has 0 aromatic heterocycles. The quantitative estimate of drug-likeness (QED) is 0.812. The van der Waals surface area contributed by atoms with Crippen molar-refractivity contribution in [1.29, 1.82) is 0 Å². The van der Waals surface area contributed by atoms with Crippen molar-refractivity contribution in [3.8, 4) is 0 Å².